The molecule has 23 heavy (non-hydrogen) atoms. The summed E-state index contributed by atoms with van der Waals surface area (Å²) >= 11 is 0. The van der Waals surface area contributed by atoms with Gasteiger partial charge in [-0.3, -0.25) is 0 Å². The molecule has 6 heteroatoms. The van der Waals surface area contributed by atoms with Gasteiger partial charge in [0.15, 0.2) is 11.5 Å². The standard InChI is InChI=1S/C17H20N6/c1-12(22-17-15(11-18)19-9-10-21-17)4-6-14-7-5-13-3-2-8-20-16(13)23-14/h5,7,9-10,12H,2-4,6,8H2,1H3,(H,20,23)(H,21,22)/t12-/m0/s1. The number of hydrogen-bond acceptors (Lipinski definition) is 6. The number of nitrogens with zero attached hydrogens (tertiary/aromatic N) is 4. The van der Waals surface area contributed by atoms with Crippen LogP contribution in [0.25, 0.3) is 0 Å². The van der Waals surface area contributed by atoms with Gasteiger partial charge in [-0.2, -0.15) is 5.26 Å². The number of rotatable bonds is 5. The Hall–Kier alpha value is -2.68. The summed E-state index contributed by atoms with van der Waals surface area (Å²) in [6, 6.07) is 6.53. The number of nitrogens with one attached hydrogen (secondary N) is 2. The zero-order valence-electron chi connectivity index (χ0n) is 13.2. The topological polar surface area (TPSA) is 86.5 Å². The number of aromatic nitrogens is 3. The van der Waals surface area contributed by atoms with Crippen molar-refractivity contribution in [1.29, 1.82) is 5.26 Å². The van der Waals surface area contributed by atoms with Gasteiger partial charge in [-0.25, -0.2) is 15.0 Å². The molecule has 3 rings (SSSR count). The maximum atomic E-state index is 9.04. The first kappa shape index (κ1) is 15.2. The highest BCUT2D eigenvalue weighted by molar-refractivity contribution is 5.48. The molecular formula is C17H20N6. The van der Waals surface area contributed by atoms with Crippen molar-refractivity contribution in [2.24, 2.45) is 0 Å². The lowest BCUT2D eigenvalue weighted by Crippen LogP contribution is -2.19. The van der Waals surface area contributed by atoms with Crippen molar-refractivity contribution in [3.8, 4) is 6.07 Å². The first-order valence-electron chi connectivity index (χ1n) is 7.96. The Bertz CT molecular complexity index is 721. The molecule has 1 aliphatic rings. The van der Waals surface area contributed by atoms with Gasteiger partial charge in [0.05, 0.1) is 0 Å². The van der Waals surface area contributed by atoms with Crippen LogP contribution in [0.2, 0.25) is 0 Å². The Morgan fingerprint density at radius 1 is 1.35 bits per heavy atom. The van der Waals surface area contributed by atoms with Crippen molar-refractivity contribution in [3.05, 3.63) is 41.5 Å². The van der Waals surface area contributed by atoms with Gasteiger partial charge in [-0.05, 0) is 44.2 Å². The highest BCUT2D eigenvalue weighted by Crippen LogP contribution is 2.20. The lowest BCUT2D eigenvalue weighted by Gasteiger charge is -2.18. The molecule has 1 atom stereocenters. The molecule has 2 aromatic rings. The number of pyridine rings is 1. The molecule has 0 aromatic carbocycles. The van der Waals surface area contributed by atoms with E-state index in [1.54, 1.807) is 6.20 Å². The van der Waals surface area contributed by atoms with Crippen molar-refractivity contribution in [2.45, 2.75) is 38.6 Å². The van der Waals surface area contributed by atoms with Crippen LogP contribution < -0.4 is 10.6 Å². The summed E-state index contributed by atoms with van der Waals surface area (Å²) in [5.41, 5.74) is 2.73. The molecule has 0 aliphatic carbocycles. The number of fused-ring (bicyclic) bond motifs is 1. The Morgan fingerprint density at radius 3 is 3.09 bits per heavy atom. The summed E-state index contributed by atoms with van der Waals surface area (Å²) < 4.78 is 0. The molecule has 2 aromatic heterocycles. The van der Waals surface area contributed by atoms with Crippen LogP contribution in [-0.4, -0.2) is 27.5 Å². The number of aryl methyl sites for hydroxylation is 2. The van der Waals surface area contributed by atoms with Crippen LogP contribution in [0.4, 0.5) is 11.6 Å². The molecule has 0 unspecified atom stereocenters. The molecule has 0 saturated carbocycles. The minimum absolute atomic E-state index is 0.185. The summed E-state index contributed by atoms with van der Waals surface area (Å²) in [5, 5.41) is 15.7. The van der Waals surface area contributed by atoms with E-state index in [1.165, 1.54) is 18.2 Å². The van der Waals surface area contributed by atoms with E-state index in [0.717, 1.165) is 37.3 Å². The second-order valence-corrected chi connectivity index (χ2v) is 5.79. The van der Waals surface area contributed by atoms with Crippen molar-refractivity contribution in [2.75, 3.05) is 17.2 Å². The van der Waals surface area contributed by atoms with E-state index in [9.17, 15) is 0 Å². The molecule has 0 fully saturated rings. The third kappa shape index (κ3) is 3.75. The predicted octanol–water partition coefficient (Wildman–Crippen LogP) is 2.53. The Morgan fingerprint density at radius 2 is 2.22 bits per heavy atom. The summed E-state index contributed by atoms with van der Waals surface area (Å²) in [6.07, 6.45) is 7.19. The van der Waals surface area contributed by atoms with Crippen LogP contribution in [0.1, 0.15) is 36.7 Å². The molecule has 2 N–H and O–H groups in total. The van der Waals surface area contributed by atoms with Gasteiger partial charge in [-0.15, -0.1) is 0 Å². The molecule has 118 valence electrons. The average molecular weight is 308 g/mol. The van der Waals surface area contributed by atoms with Crippen molar-refractivity contribution < 1.29 is 0 Å². The summed E-state index contributed by atoms with van der Waals surface area (Å²) in [6.45, 7) is 3.08. The molecule has 6 nitrogen and oxygen atoms in total. The first-order chi connectivity index (χ1) is 11.3. The second-order valence-electron chi connectivity index (χ2n) is 5.79. The fourth-order valence-corrected chi connectivity index (χ4v) is 2.70. The molecule has 0 saturated heterocycles. The first-order valence-corrected chi connectivity index (χ1v) is 7.96. The average Bonchev–Trinajstić information content (AvgIpc) is 2.60. The van der Waals surface area contributed by atoms with Crippen LogP contribution in [-0.2, 0) is 12.8 Å². The fraction of sp³-hybridized carbons (Fsp3) is 0.412. The third-order valence-corrected chi connectivity index (χ3v) is 3.97. The highest BCUT2D eigenvalue weighted by atomic mass is 15.0. The Labute approximate surface area is 136 Å². The zero-order valence-corrected chi connectivity index (χ0v) is 13.2. The largest absolute Gasteiger partial charge is 0.370 e. The van der Waals surface area contributed by atoms with Gasteiger partial charge in [0, 0.05) is 30.7 Å². The van der Waals surface area contributed by atoms with Gasteiger partial charge >= 0.3 is 0 Å². The quantitative estimate of drug-likeness (QED) is 0.882. The lowest BCUT2D eigenvalue weighted by atomic mass is 10.1. The van der Waals surface area contributed by atoms with E-state index < -0.39 is 0 Å². The van der Waals surface area contributed by atoms with E-state index in [2.05, 4.69) is 45.7 Å². The van der Waals surface area contributed by atoms with E-state index in [1.807, 2.05) is 0 Å². The van der Waals surface area contributed by atoms with Gasteiger partial charge in [0.2, 0.25) is 0 Å². The van der Waals surface area contributed by atoms with Crippen LogP contribution >= 0.6 is 0 Å². The highest BCUT2D eigenvalue weighted by Gasteiger charge is 2.12. The third-order valence-electron chi connectivity index (χ3n) is 3.97. The molecule has 0 amide bonds. The normalized spacial score (nSPS) is 14.3. The smallest absolute Gasteiger partial charge is 0.182 e. The van der Waals surface area contributed by atoms with Gasteiger partial charge in [-0.1, -0.05) is 6.07 Å². The molecule has 3 heterocycles. The maximum absolute atomic E-state index is 9.04. The van der Waals surface area contributed by atoms with Crippen LogP contribution in [0.3, 0.4) is 0 Å². The summed E-state index contributed by atoms with van der Waals surface area (Å²) in [4.78, 5) is 12.9. The summed E-state index contributed by atoms with van der Waals surface area (Å²) in [5.74, 6) is 1.58. The zero-order chi connectivity index (χ0) is 16.1. The SMILES string of the molecule is C[C@@H](CCc1ccc2c(n1)NCCC2)Nc1nccnc1C#N. The monoisotopic (exact) mass is 308 g/mol. The lowest BCUT2D eigenvalue weighted by molar-refractivity contribution is 0.690. The molecular weight excluding hydrogens is 288 g/mol. The van der Waals surface area contributed by atoms with E-state index in [4.69, 9.17) is 10.2 Å². The van der Waals surface area contributed by atoms with E-state index >= 15 is 0 Å². The Kier molecular flexibility index (Phi) is 4.67. The minimum Gasteiger partial charge on any atom is -0.370 e. The predicted molar refractivity (Wildman–Crippen MR) is 89.2 cm³/mol. The molecule has 0 radical (unpaired) electrons. The number of nitriles is 1. The van der Waals surface area contributed by atoms with Gasteiger partial charge in [0.1, 0.15) is 11.9 Å². The van der Waals surface area contributed by atoms with E-state index in [0.29, 0.717) is 11.5 Å². The Balaban J connectivity index is 1.59. The second kappa shape index (κ2) is 7.05. The van der Waals surface area contributed by atoms with Gasteiger partial charge in [0.25, 0.3) is 0 Å². The molecule has 1 aliphatic heterocycles. The molecule has 0 bridgehead atoms. The molecule has 0 spiro atoms. The van der Waals surface area contributed by atoms with Crippen molar-refractivity contribution in [3.63, 3.8) is 0 Å². The fourth-order valence-electron chi connectivity index (χ4n) is 2.70. The number of anilines is 2. The summed E-state index contributed by atoms with van der Waals surface area (Å²) in [7, 11) is 0. The van der Waals surface area contributed by atoms with Gasteiger partial charge < -0.3 is 10.6 Å². The van der Waals surface area contributed by atoms with Crippen molar-refractivity contribution in [1.82, 2.24) is 15.0 Å². The number of hydrogen-bond donors (Lipinski definition) is 2. The van der Waals surface area contributed by atoms with Crippen LogP contribution in [0, 0.1) is 11.3 Å². The minimum atomic E-state index is 0.185. The van der Waals surface area contributed by atoms with Crippen LogP contribution in [0.15, 0.2) is 24.5 Å². The van der Waals surface area contributed by atoms with Crippen molar-refractivity contribution >= 4 is 11.6 Å². The maximum Gasteiger partial charge on any atom is 0.182 e. The van der Waals surface area contributed by atoms with Crippen LogP contribution in [0.5, 0.6) is 0 Å². The van der Waals surface area contributed by atoms with E-state index in [-0.39, 0.29) is 6.04 Å².